The van der Waals surface area contributed by atoms with E-state index < -0.39 is 6.09 Å². The molecule has 1 rings (SSSR count). The van der Waals surface area contributed by atoms with Crippen LogP contribution in [0.1, 0.15) is 22.3 Å². The highest BCUT2D eigenvalue weighted by molar-refractivity contribution is 5.67. The molecule has 0 bridgehead atoms. The van der Waals surface area contributed by atoms with Gasteiger partial charge in [-0.15, -0.1) is 0 Å². The molecule has 0 radical (unpaired) electrons. The molecule has 1 N–H and O–H groups in total. The van der Waals surface area contributed by atoms with Crippen LogP contribution in [0.5, 0.6) is 5.75 Å². The maximum absolute atomic E-state index is 11.0. The average molecular weight is 237 g/mol. The molecule has 4 heteroatoms. The molecule has 0 aromatic heterocycles. The Morgan fingerprint density at radius 1 is 1.24 bits per heavy atom. The fourth-order valence-electron chi connectivity index (χ4n) is 1.88. The lowest BCUT2D eigenvalue weighted by Crippen LogP contribution is -2.23. The molecule has 0 aliphatic heterocycles. The van der Waals surface area contributed by atoms with Crippen LogP contribution in [-0.4, -0.2) is 20.3 Å². The van der Waals surface area contributed by atoms with Crippen molar-refractivity contribution in [3.8, 4) is 5.75 Å². The topological polar surface area (TPSA) is 47.6 Å². The second-order valence-corrected chi connectivity index (χ2v) is 3.98. The van der Waals surface area contributed by atoms with Crippen LogP contribution in [0.4, 0.5) is 4.79 Å². The zero-order valence-electron chi connectivity index (χ0n) is 11.0. The van der Waals surface area contributed by atoms with Crippen LogP contribution >= 0.6 is 0 Å². The van der Waals surface area contributed by atoms with Gasteiger partial charge in [-0.1, -0.05) is 6.07 Å². The van der Waals surface area contributed by atoms with Crippen LogP contribution in [0, 0.1) is 20.8 Å². The number of carbonyl (C=O) groups is 1. The Labute approximate surface area is 102 Å². The molecule has 0 fully saturated rings. The Morgan fingerprint density at radius 2 is 1.88 bits per heavy atom. The fraction of sp³-hybridized carbons (Fsp3) is 0.462. The molecule has 94 valence electrons. The minimum Gasteiger partial charge on any atom is -0.496 e. The van der Waals surface area contributed by atoms with Crippen LogP contribution in [0.25, 0.3) is 0 Å². The first-order valence-electron chi connectivity index (χ1n) is 5.46. The number of ether oxygens (including phenoxy) is 2. The van der Waals surface area contributed by atoms with Gasteiger partial charge < -0.3 is 14.8 Å². The number of hydrogen-bond donors (Lipinski definition) is 1. The highest BCUT2D eigenvalue weighted by atomic mass is 16.5. The fourth-order valence-corrected chi connectivity index (χ4v) is 1.88. The molecule has 0 saturated heterocycles. The van der Waals surface area contributed by atoms with Gasteiger partial charge in [0, 0.05) is 6.54 Å². The third-order valence-electron chi connectivity index (χ3n) is 2.95. The van der Waals surface area contributed by atoms with Crippen molar-refractivity contribution in [2.24, 2.45) is 0 Å². The van der Waals surface area contributed by atoms with Crippen LogP contribution in [0.2, 0.25) is 0 Å². The number of hydrogen-bond acceptors (Lipinski definition) is 3. The Balaban J connectivity index is 2.98. The number of carbonyl (C=O) groups excluding carboxylic acids is 1. The highest BCUT2D eigenvalue weighted by Gasteiger charge is 2.11. The molecule has 0 aliphatic rings. The van der Waals surface area contributed by atoms with Crippen molar-refractivity contribution in [2.45, 2.75) is 27.3 Å². The van der Waals surface area contributed by atoms with Crippen molar-refractivity contribution in [1.82, 2.24) is 5.32 Å². The predicted molar refractivity (Wildman–Crippen MR) is 66.4 cm³/mol. The van der Waals surface area contributed by atoms with E-state index in [1.165, 1.54) is 7.11 Å². The molecule has 0 atom stereocenters. The average Bonchev–Trinajstić information content (AvgIpc) is 2.32. The lowest BCUT2D eigenvalue weighted by molar-refractivity contribution is 0.170. The molecule has 0 saturated carbocycles. The Kier molecular flexibility index (Phi) is 4.37. The van der Waals surface area contributed by atoms with Gasteiger partial charge in [-0.25, -0.2) is 4.79 Å². The van der Waals surface area contributed by atoms with Crippen molar-refractivity contribution in [3.05, 3.63) is 28.3 Å². The number of aryl methyl sites for hydroxylation is 1. The molecule has 0 unspecified atom stereocenters. The molecular formula is C13H19NO3. The normalized spacial score (nSPS) is 9.94. The summed E-state index contributed by atoms with van der Waals surface area (Å²) in [5, 5.41) is 2.68. The molecule has 1 aromatic rings. The smallest absolute Gasteiger partial charge is 0.407 e. The first kappa shape index (κ1) is 13.4. The summed E-state index contributed by atoms with van der Waals surface area (Å²) in [6.07, 6.45) is -0.421. The number of benzene rings is 1. The lowest BCUT2D eigenvalue weighted by Gasteiger charge is -2.15. The van der Waals surface area contributed by atoms with Crippen LogP contribution in [-0.2, 0) is 11.3 Å². The Bertz CT molecular complexity index is 427. The molecule has 0 aliphatic carbocycles. The summed E-state index contributed by atoms with van der Waals surface area (Å²) < 4.78 is 9.89. The van der Waals surface area contributed by atoms with E-state index in [1.807, 2.05) is 26.8 Å². The number of nitrogens with one attached hydrogen (secondary N) is 1. The second kappa shape index (κ2) is 5.57. The van der Waals surface area contributed by atoms with Gasteiger partial charge in [0.05, 0.1) is 14.2 Å². The first-order chi connectivity index (χ1) is 8.01. The number of rotatable bonds is 3. The summed E-state index contributed by atoms with van der Waals surface area (Å²) in [6.45, 7) is 6.49. The van der Waals surface area contributed by atoms with E-state index in [9.17, 15) is 4.79 Å². The highest BCUT2D eigenvalue weighted by Crippen LogP contribution is 2.28. The molecule has 1 amide bonds. The summed E-state index contributed by atoms with van der Waals surface area (Å²) in [5.41, 5.74) is 4.38. The van der Waals surface area contributed by atoms with Gasteiger partial charge >= 0.3 is 6.09 Å². The molecule has 1 aromatic carbocycles. The summed E-state index contributed by atoms with van der Waals surface area (Å²) in [4.78, 5) is 11.0. The maximum Gasteiger partial charge on any atom is 0.407 e. The third kappa shape index (κ3) is 2.90. The third-order valence-corrected chi connectivity index (χ3v) is 2.95. The molecule has 0 heterocycles. The van der Waals surface area contributed by atoms with E-state index in [-0.39, 0.29) is 0 Å². The van der Waals surface area contributed by atoms with Gasteiger partial charge in [-0.2, -0.15) is 0 Å². The molecular weight excluding hydrogens is 218 g/mol. The van der Waals surface area contributed by atoms with Crippen LogP contribution < -0.4 is 10.1 Å². The Hall–Kier alpha value is -1.71. The van der Waals surface area contributed by atoms with Crippen molar-refractivity contribution in [1.29, 1.82) is 0 Å². The van der Waals surface area contributed by atoms with Crippen molar-refractivity contribution >= 4 is 6.09 Å². The largest absolute Gasteiger partial charge is 0.496 e. The summed E-state index contributed by atoms with van der Waals surface area (Å²) in [6, 6.07) is 2.02. The van der Waals surface area contributed by atoms with Gasteiger partial charge in [-0.3, -0.25) is 0 Å². The van der Waals surface area contributed by atoms with E-state index in [1.54, 1.807) is 7.11 Å². The minimum absolute atomic E-state index is 0.421. The molecule has 0 spiro atoms. The summed E-state index contributed by atoms with van der Waals surface area (Å²) >= 11 is 0. The van der Waals surface area contributed by atoms with Crippen molar-refractivity contribution in [3.63, 3.8) is 0 Å². The number of amides is 1. The van der Waals surface area contributed by atoms with E-state index in [2.05, 4.69) is 10.1 Å². The zero-order chi connectivity index (χ0) is 13.0. The Morgan fingerprint density at radius 3 is 2.41 bits per heavy atom. The lowest BCUT2D eigenvalue weighted by atomic mass is 9.98. The maximum atomic E-state index is 11.0. The van der Waals surface area contributed by atoms with Gasteiger partial charge in [-0.05, 0) is 43.0 Å². The quantitative estimate of drug-likeness (QED) is 0.878. The monoisotopic (exact) mass is 237 g/mol. The standard InChI is InChI=1S/C13H19NO3/c1-8-6-11(7-14-13(15)17-5)9(2)10(3)12(8)16-4/h6H,7H2,1-5H3,(H,14,15). The van der Waals surface area contributed by atoms with Gasteiger partial charge in [0.2, 0.25) is 0 Å². The van der Waals surface area contributed by atoms with Crippen molar-refractivity contribution < 1.29 is 14.3 Å². The van der Waals surface area contributed by atoms with Crippen LogP contribution in [0.3, 0.4) is 0 Å². The SMILES string of the molecule is COC(=O)NCc1cc(C)c(OC)c(C)c1C. The van der Waals surface area contributed by atoms with Gasteiger partial charge in [0.15, 0.2) is 0 Å². The summed E-state index contributed by atoms with van der Waals surface area (Å²) in [7, 11) is 3.02. The predicted octanol–water partition coefficient (Wildman–Crippen LogP) is 2.48. The zero-order valence-corrected chi connectivity index (χ0v) is 11.0. The van der Waals surface area contributed by atoms with Crippen LogP contribution in [0.15, 0.2) is 6.07 Å². The molecule has 4 nitrogen and oxygen atoms in total. The van der Waals surface area contributed by atoms with E-state index in [0.29, 0.717) is 6.54 Å². The summed E-state index contributed by atoms with van der Waals surface area (Å²) in [5.74, 6) is 0.907. The molecule has 17 heavy (non-hydrogen) atoms. The second-order valence-electron chi connectivity index (χ2n) is 3.98. The number of alkyl carbamates (subject to hydrolysis) is 1. The van der Waals surface area contributed by atoms with Crippen molar-refractivity contribution in [2.75, 3.05) is 14.2 Å². The van der Waals surface area contributed by atoms with E-state index >= 15 is 0 Å². The van der Waals surface area contributed by atoms with E-state index in [4.69, 9.17) is 4.74 Å². The van der Waals surface area contributed by atoms with E-state index in [0.717, 1.165) is 28.0 Å². The van der Waals surface area contributed by atoms with Gasteiger partial charge in [0.25, 0.3) is 0 Å². The first-order valence-corrected chi connectivity index (χ1v) is 5.46. The number of methoxy groups -OCH3 is 2. The van der Waals surface area contributed by atoms with Gasteiger partial charge in [0.1, 0.15) is 5.75 Å². The minimum atomic E-state index is -0.421.